The van der Waals surface area contributed by atoms with Crippen molar-refractivity contribution in [1.82, 2.24) is 10.3 Å². The van der Waals surface area contributed by atoms with Crippen LogP contribution in [-0.4, -0.2) is 50.4 Å². The molecule has 1 aliphatic heterocycles. The Kier molecular flexibility index (Phi) is 6.40. The maximum Gasteiger partial charge on any atom is 0.271 e. The van der Waals surface area contributed by atoms with Gasteiger partial charge in [-0.05, 0) is 31.2 Å². The highest BCUT2D eigenvalue weighted by Crippen LogP contribution is 2.27. The number of methoxy groups -OCH3 is 2. The van der Waals surface area contributed by atoms with E-state index in [1.165, 1.54) is 6.42 Å². The quantitative estimate of drug-likeness (QED) is 0.817. The van der Waals surface area contributed by atoms with E-state index in [9.17, 15) is 4.79 Å². The zero-order chi connectivity index (χ0) is 16.7. The topological polar surface area (TPSA) is 63.2 Å². The minimum atomic E-state index is -0.241. The highest BCUT2D eigenvalue weighted by molar-refractivity contribution is 5.96. The van der Waals surface area contributed by atoms with Gasteiger partial charge in [0.15, 0.2) is 11.5 Å². The van der Waals surface area contributed by atoms with Gasteiger partial charge in [0.2, 0.25) is 0 Å². The molecule has 0 spiro atoms. The Labute approximate surface area is 137 Å². The SMILES string of the molecule is CCCN1CCC(=NNC(=O)c2ccc(OC)c(OC)c2)CC1. The van der Waals surface area contributed by atoms with Gasteiger partial charge in [-0.2, -0.15) is 5.10 Å². The molecule has 1 amide bonds. The standard InChI is InChI=1S/C17H25N3O3/c1-4-9-20-10-7-14(8-11-20)18-19-17(21)13-5-6-15(22-2)16(12-13)23-3/h5-6,12H,4,7-11H2,1-3H3,(H,19,21). The summed E-state index contributed by atoms with van der Waals surface area (Å²) in [6, 6.07) is 5.06. The third kappa shape index (κ3) is 4.69. The molecule has 1 heterocycles. The van der Waals surface area contributed by atoms with Crippen LogP contribution in [0.3, 0.4) is 0 Å². The molecule has 0 aromatic heterocycles. The van der Waals surface area contributed by atoms with Crippen molar-refractivity contribution in [2.45, 2.75) is 26.2 Å². The number of carbonyl (C=O) groups is 1. The molecule has 0 bridgehead atoms. The summed E-state index contributed by atoms with van der Waals surface area (Å²) >= 11 is 0. The minimum absolute atomic E-state index is 0.241. The summed E-state index contributed by atoms with van der Waals surface area (Å²) in [4.78, 5) is 14.6. The molecule has 1 fully saturated rings. The summed E-state index contributed by atoms with van der Waals surface area (Å²) in [5, 5.41) is 4.27. The van der Waals surface area contributed by atoms with Gasteiger partial charge in [0, 0.05) is 37.2 Å². The molecule has 2 rings (SSSR count). The van der Waals surface area contributed by atoms with Crippen LogP contribution in [0.25, 0.3) is 0 Å². The summed E-state index contributed by atoms with van der Waals surface area (Å²) in [5.41, 5.74) is 4.18. The van der Waals surface area contributed by atoms with Crippen LogP contribution in [0.4, 0.5) is 0 Å². The van der Waals surface area contributed by atoms with Crippen LogP contribution in [-0.2, 0) is 0 Å². The van der Waals surface area contributed by atoms with Crippen LogP contribution < -0.4 is 14.9 Å². The van der Waals surface area contributed by atoms with Gasteiger partial charge < -0.3 is 14.4 Å². The van der Waals surface area contributed by atoms with Crippen molar-refractivity contribution in [3.8, 4) is 11.5 Å². The van der Waals surface area contributed by atoms with Gasteiger partial charge in [-0.1, -0.05) is 6.92 Å². The number of piperidine rings is 1. The Morgan fingerprint density at radius 1 is 1.22 bits per heavy atom. The zero-order valence-electron chi connectivity index (χ0n) is 14.1. The van der Waals surface area contributed by atoms with E-state index in [-0.39, 0.29) is 5.91 Å². The van der Waals surface area contributed by atoms with Crippen LogP contribution >= 0.6 is 0 Å². The first-order chi connectivity index (χ1) is 11.2. The number of benzene rings is 1. The lowest BCUT2D eigenvalue weighted by atomic mass is 10.1. The Morgan fingerprint density at radius 2 is 1.91 bits per heavy atom. The average Bonchev–Trinajstić information content (AvgIpc) is 2.60. The number of hydrogen-bond donors (Lipinski definition) is 1. The van der Waals surface area contributed by atoms with Crippen molar-refractivity contribution in [2.75, 3.05) is 33.9 Å². The predicted octanol–water partition coefficient (Wildman–Crippen LogP) is 2.30. The van der Waals surface area contributed by atoms with Crippen molar-refractivity contribution in [3.63, 3.8) is 0 Å². The number of nitrogens with zero attached hydrogens (tertiary/aromatic N) is 2. The van der Waals surface area contributed by atoms with E-state index in [0.29, 0.717) is 17.1 Å². The van der Waals surface area contributed by atoms with E-state index in [1.807, 2.05) is 0 Å². The van der Waals surface area contributed by atoms with E-state index in [0.717, 1.165) is 38.2 Å². The highest BCUT2D eigenvalue weighted by Gasteiger charge is 2.15. The largest absolute Gasteiger partial charge is 0.493 e. The molecule has 0 aliphatic carbocycles. The fraction of sp³-hybridized carbons (Fsp3) is 0.529. The van der Waals surface area contributed by atoms with Gasteiger partial charge in [0.05, 0.1) is 14.2 Å². The van der Waals surface area contributed by atoms with Gasteiger partial charge in [-0.3, -0.25) is 4.79 Å². The minimum Gasteiger partial charge on any atom is -0.493 e. The molecule has 1 N–H and O–H groups in total. The number of hydrogen-bond acceptors (Lipinski definition) is 5. The lowest BCUT2D eigenvalue weighted by Crippen LogP contribution is -2.35. The molecule has 126 valence electrons. The number of amides is 1. The number of rotatable bonds is 6. The smallest absolute Gasteiger partial charge is 0.271 e. The molecule has 0 saturated carbocycles. The van der Waals surface area contributed by atoms with Gasteiger partial charge >= 0.3 is 0 Å². The molecular formula is C17H25N3O3. The number of carbonyl (C=O) groups excluding carboxylic acids is 1. The fourth-order valence-electron chi connectivity index (χ4n) is 2.63. The van der Waals surface area contributed by atoms with Crippen molar-refractivity contribution < 1.29 is 14.3 Å². The van der Waals surface area contributed by atoms with Gasteiger partial charge in [0.1, 0.15) is 0 Å². The summed E-state index contributed by atoms with van der Waals surface area (Å²) < 4.78 is 10.4. The van der Waals surface area contributed by atoms with Crippen LogP contribution in [0.1, 0.15) is 36.5 Å². The predicted molar refractivity (Wildman–Crippen MR) is 90.4 cm³/mol. The molecule has 0 atom stereocenters. The second kappa shape index (κ2) is 8.53. The normalized spacial score (nSPS) is 15.2. The van der Waals surface area contributed by atoms with E-state index < -0.39 is 0 Å². The second-order valence-corrected chi connectivity index (χ2v) is 5.53. The fourth-order valence-corrected chi connectivity index (χ4v) is 2.63. The van der Waals surface area contributed by atoms with Crippen LogP contribution in [0.2, 0.25) is 0 Å². The summed E-state index contributed by atoms with van der Waals surface area (Å²) in [5.74, 6) is 0.883. The van der Waals surface area contributed by atoms with E-state index in [4.69, 9.17) is 9.47 Å². The first-order valence-electron chi connectivity index (χ1n) is 7.98. The summed E-state index contributed by atoms with van der Waals surface area (Å²) in [7, 11) is 3.11. The number of likely N-dealkylation sites (tertiary alicyclic amines) is 1. The third-order valence-corrected chi connectivity index (χ3v) is 3.93. The molecule has 1 saturated heterocycles. The Balaban J connectivity index is 1.93. The molecule has 0 unspecified atom stereocenters. The molecule has 1 aromatic rings. The van der Waals surface area contributed by atoms with E-state index in [2.05, 4.69) is 22.4 Å². The molecule has 6 heteroatoms. The maximum absolute atomic E-state index is 12.2. The van der Waals surface area contributed by atoms with E-state index >= 15 is 0 Å². The molecule has 6 nitrogen and oxygen atoms in total. The number of ether oxygens (including phenoxy) is 2. The first-order valence-corrected chi connectivity index (χ1v) is 7.98. The van der Waals surface area contributed by atoms with Crippen molar-refractivity contribution >= 4 is 11.6 Å². The summed E-state index contributed by atoms with van der Waals surface area (Å²) in [6.45, 7) is 5.34. The monoisotopic (exact) mass is 319 g/mol. The third-order valence-electron chi connectivity index (χ3n) is 3.93. The lowest BCUT2D eigenvalue weighted by Gasteiger charge is -2.26. The molecule has 1 aromatic carbocycles. The van der Waals surface area contributed by atoms with Crippen LogP contribution in [0, 0.1) is 0 Å². The molecule has 0 radical (unpaired) electrons. The first kappa shape index (κ1) is 17.3. The maximum atomic E-state index is 12.2. The average molecular weight is 319 g/mol. The number of nitrogens with one attached hydrogen (secondary N) is 1. The second-order valence-electron chi connectivity index (χ2n) is 5.53. The summed E-state index contributed by atoms with van der Waals surface area (Å²) in [6.07, 6.45) is 2.99. The van der Waals surface area contributed by atoms with Gasteiger partial charge in [0.25, 0.3) is 5.91 Å². The lowest BCUT2D eigenvalue weighted by molar-refractivity contribution is 0.0954. The molecule has 1 aliphatic rings. The van der Waals surface area contributed by atoms with E-state index in [1.54, 1.807) is 32.4 Å². The number of hydrazone groups is 1. The van der Waals surface area contributed by atoms with Crippen molar-refractivity contribution in [3.05, 3.63) is 23.8 Å². The Hall–Kier alpha value is -2.08. The molecule has 23 heavy (non-hydrogen) atoms. The van der Waals surface area contributed by atoms with Gasteiger partial charge in [-0.15, -0.1) is 0 Å². The Morgan fingerprint density at radius 3 is 2.52 bits per heavy atom. The molecular weight excluding hydrogens is 294 g/mol. The van der Waals surface area contributed by atoms with Crippen LogP contribution in [0.15, 0.2) is 23.3 Å². The van der Waals surface area contributed by atoms with Crippen LogP contribution in [0.5, 0.6) is 11.5 Å². The van der Waals surface area contributed by atoms with Crippen molar-refractivity contribution in [1.29, 1.82) is 0 Å². The van der Waals surface area contributed by atoms with Crippen molar-refractivity contribution in [2.24, 2.45) is 5.10 Å². The highest BCUT2D eigenvalue weighted by atomic mass is 16.5. The van der Waals surface area contributed by atoms with Gasteiger partial charge in [-0.25, -0.2) is 5.43 Å². The Bertz CT molecular complexity index is 562. The zero-order valence-corrected chi connectivity index (χ0v) is 14.1.